The van der Waals surface area contributed by atoms with Crippen LogP contribution in [0.25, 0.3) is 0 Å². The molecule has 35 heavy (non-hydrogen) atoms. The summed E-state index contributed by atoms with van der Waals surface area (Å²) >= 11 is 3.40. The number of carbonyl (C=O) groups is 2. The quantitative estimate of drug-likeness (QED) is 0.393. The van der Waals surface area contributed by atoms with E-state index in [1.165, 1.54) is 12.0 Å². The van der Waals surface area contributed by atoms with Gasteiger partial charge in [-0.2, -0.15) is 0 Å². The smallest absolute Gasteiger partial charge is 0.244 e. The first-order chi connectivity index (χ1) is 16.5. The number of amides is 2. The van der Waals surface area contributed by atoms with E-state index in [1.54, 1.807) is 25.1 Å². The predicted molar refractivity (Wildman–Crippen MR) is 142 cm³/mol. The Hall–Kier alpha value is -2.59. The molecule has 0 aromatic heterocycles. The highest BCUT2D eigenvalue weighted by atomic mass is 79.9. The summed E-state index contributed by atoms with van der Waals surface area (Å²) in [5.41, 5.74) is 1.90. The first-order valence-electron chi connectivity index (χ1n) is 11.4. The van der Waals surface area contributed by atoms with Crippen molar-refractivity contribution in [1.82, 2.24) is 10.2 Å². The second kappa shape index (κ2) is 12.9. The van der Waals surface area contributed by atoms with Crippen molar-refractivity contribution >= 4 is 43.5 Å². The molecule has 0 unspecified atom stereocenters. The largest absolute Gasteiger partial charge is 0.495 e. The van der Waals surface area contributed by atoms with E-state index in [0.717, 1.165) is 39.0 Å². The standard InChI is InChI=1S/C25H34BrN3O5S/c1-6-7-14-27-25(31)19(3)28(16-20-9-11-21(26)12-10-20)24(30)17-29(35(5,32)33)22-15-18(2)8-13-23(22)34-4/h8-13,15,19H,6-7,14,16-17H2,1-5H3,(H,27,31)/t19-/m0/s1. The Balaban J connectivity index is 2.41. The van der Waals surface area contributed by atoms with Crippen LogP contribution >= 0.6 is 15.9 Å². The fraction of sp³-hybridized carbons (Fsp3) is 0.440. The number of carbonyl (C=O) groups excluding carboxylic acids is 2. The van der Waals surface area contributed by atoms with Gasteiger partial charge in [0.25, 0.3) is 0 Å². The number of sulfonamides is 1. The van der Waals surface area contributed by atoms with Gasteiger partial charge in [0, 0.05) is 17.6 Å². The third kappa shape index (κ3) is 8.24. The van der Waals surface area contributed by atoms with Crippen molar-refractivity contribution < 1.29 is 22.7 Å². The number of rotatable bonds is 12. The third-order valence-electron chi connectivity index (χ3n) is 5.55. The van der Waals surface area contributed by atoms with E-state index in [0.29, 0.717) is 12.3 Å². The average molecular weight is 569 g/mol. The summed E-state index contributed by atoms with van der Waals surface area (Å²) in [5.74, 6) is -0.457. The van der Waals surface area contributed by atoms with Crippen LogP contribution in [0, 0.1) is 6.92 Å². The number of hydrogen-bond donors (Lipinski definition) is 1. The highest BCUT2D eigenvalue weighted by molar-refractivity contribution is 9.10. The van der Waals surface area contributed by atoms with Crippen molar-refractivity contribution in [3.63, 3.8) is 0 Å². The van der Waals surface area contributed by atoms with Crippen molar-refractivity contribution in [2.45, 2.75) is 46.2 Å². The number of anilines is 1. The van der Waals surface area contributed by atoms with Gasteiger partial charge < -0.3 is 15.0 Å². The van der Waals surface area contributed by atoms with Gasteiger partial charge in [-0.3, -0.25) is 13.9 Å². The molecule has 10 heteroatoms. The maximum atomic E-state index is 13.6. The molecular weight excluding hydrogens is 534 g/mol. The van der Waals surface area contributed by atoms with Crippen LogP contribution in [-0.4, -0.2) is 57.6 Å². The molecule has 1 atom stereocenters. The lowest BCUT2D eigenvalue weighted by Gasteiger charge is -2.32. The summed E-state index contributed by atoms with van der Waals surface area (Å²) < 4.78 is 32.8. The van der Waals surface area contributed by atoms with Gasteiger partial charge in [0.05, 0.1) is 19.1 Å². The third-order valence-corrected chi connectivity index (χ3v) is 7.20. The van der Waals surface area contributed by atoms with Crippen molar-refractivity contribution in [3.05, 3.63) is 58.1 Å². The molecular formula is C25H34BrN3O5S. The van der Waals surface area contributed by atoms with Crippen molar-refractivity contribution in [2.24, 2.45) is 0 Å². The fourth-order valence-corrected chi connectivity index (χ4v) is 4.60. The van der Waals surface area contributed by atoms with E-state index in [4.69, 9.17) is 4.74 Å². The van der Waals surface area contributed by atoms with E-state index in [1.807, 2.05) is 38.1 Å². The second-order valence-corrected chi connectivity index (χ2v) is 11.2. The Morgan fingerprint density at radius 2 is 1.80 bits per heavy atom. The van der Waals surface area contributed by atoms with Crippen molar-refractivity contribution in [1.29, 1.82) is 0 Å². The minimum Gasteiger partial charge on any atom is -0.495 e. The lowest BCUT2D eigenvalue weighted by molar-refractivity contribution is -0.139. The number of nitrogens with zero attached hydrogens (tertiary/aromatic N) is 2. The van der Waals surface area contributed by atoms with E-state index in [-0.39, 0.29) is 18.1 Å². The van der Waals surface area contributed by atoms with E-state index >= 15 is 0 Å². The molecule has 0 spiro atoms. The number of methoxy groups -OCH3 is 1. The van der Waals surface area contributed by atoms with Gasteiger partial charge in [0.15, 0.2) is 0 Å². The summed E-state index contributed by atoms with van der Waals surface area (Å²) in [7, 11) is -2.40. The van der Waals surface area contributed by atoms with Crippen LogP contribution < -0.4 is 14.4 Å². The molecule has 0 bridgehead atoms. The molecule has 2 amide bonds. The molecule has 1 N–H and O–H groups in total. The SMILES string of the molecule is CCCCNC(=O)[C@H](C)N(Cc1ccc(Br)cc1)C(=O)CN(c1cc(C)ccc1OC)S(C)(=O)=O. The van der Waals surface area contributed by atoms with Crippen molar-refractivity contribution in [2.75, 3.05) is 30.8 Å². The first-order valence-corrected chi connectivity index (χ1v) is 14.1. The molecule has 0 saturated carbocycles. The molecule has 2 aromatic rings. The Morgan fingerprint density at radius 1 is 1.14 bits per heavy atom. The molecule has 0 radical (unpaired) electrons. The van der Waals surface area contributed by atoms with Crippen LogP contribution in [0.1, 0.15) is 37.8 Å². The number of benzene rings is 2. The monoisotopic (exact) mass is 567 g/mol. The molecule has 0 heterocycles. The van der Waals surface area contributed by atoms with Crippen molar-refractivity contribution in [3.8, 4) is 5.75 Å². The lowest BCUT2D eigenvalue weighted by atomic mass is 10.1. The van der Waals surface area contributed by atoms with Gasteiger partial charge in [-0.05, 0) is 55.7 Å². The molecule has 192 valence electrons. The second-order valence-electron chi connectivity index (χ2n) is 8.41. The molecule has 8 nitrogen and oxygen atoms in total. The zero-order valence-electron chi connectivity index (χ0n) is 20.9. The van der Waals surface area contributed by atoms with Crippen LogP contribution in [0.3, 0.4) is 0 Å². The molecule has 0 aliphatic heterocycles. The maximum absolute atomic E-state index is 13.6. The number of ether oxygens (including phenoxy) is 1. The Kier molecular flexibility index (Phi) is 10.6. The summed E-state index contributed by atoms with van der Waals surface area (Å²) in [5, 5.41) is 2.86. The lowest BCUT2D eigenvalue weighted by Crippen LogP contribution is -2.51. The zero-order chi connectivity index (χ0) is 26.2. The summed E-state index contributed by atoms with van der Waals surface area (Å²) in [4.78, 5) is 27.8. The Bertz CT molecular complexity index is 1120. The van der Waals surface area contributed by atoms with E-state index in [9.17, 15) is 18.0 Å². The number of nitrogens with one attached hydrogen (secondary N) is 1. The normalized spacial score (nSPS) is 12.1. The summed E-state index contributed by atoms with van der Waals surface area (Å²) in [6.45, 7) is 5.69. The number of hydrogen-bond acceptors (Lipinski definition) is 5. The maximum Gasteiger partial charge on any atom is 0.244 e. The molecule has 0 fully saturated rings. The molecule has 0 saturated heterocycles. The molecule has 2 rings (SSSR count). The fourth-order valence-electron chi connectivity index (χ4n) is 3.49. The number of aryl methyl sites for hydroxylation is 1. The van der Waals surface area contributed by atoms with Crippen LogP contribution in [0.5, 0.6) is 5.75 Å². The topological polar surface area (TPSA) is 96.0 Å². The minimum absolute atomic E-state index is 0.150. The zero-order valence-corrected chi connectivity index (χ0v) is 23.3. The van der Waals surface area contributed by atoms with Gasteiger partial charge >= 0.3 is 0 Å². The summed E-state index contributed by atoms with van der Waals surface area (Å²) in [6.07, 6.45) is 2.80. The van der Waals surface area contributed by atoms with E-state index in [2.05, 4.69) is 21.2 Å². The van der Waals surface area contributed by atoms with Gasteiger partial charge in [-0.25, -0.2) is 8.42 Å². The highest BCUT2D eigenvalue weighted by Crippen LogP contribution is 2.31. The van der Waals surface area contributed by atoms with Gasteiger partial charge in [0.1, 0.15) is 18.3 Å². The Labute approximate surface area is 216 Å². The first kappa shape index (κ1) is 28.6. The predicted octanol–water partition coefficient (Wildman–Crippen LogP) is 3.87. The molecule has 0 aliphatic carbocycles. The summed E-state index contributed by atoms with van der Waals surface area (Å²) in [6, 6.07) is 11.7. The van der Waals surface area contributed by atoms with E-state index < -0.39 is 28.5 Å². The van der Waals surface area contributed by atoms with Crippen LogP contribution in [0.4, 0.5) is 5.69 Å². The van der Waals surface area contributed by atoms with Gasteiger partial charge in [0.2, 0.25) is 21.8 Å². The van der Waals surface area contributed by atoms with Crippen LogP contribution in [0.15, 0.2) is 46.9 Å². The Morgan fingerprint density at radius 3 is 2.37 bits per heavy atom. The van der Waals surface area contributed by atoms with Crippen LogP contribution in [-0.2, 0) is 26.2 Å². The molecule has 0 aliphatic rings. The highest BCUT2D eigenvalue weighted by Gasteiger charge is 2.31. The van der Waals surface area contributed by atoms with Gasteiger partial charge in [-0.15, -0.1) is 0 Å². The molecule has 2 aromatic carbocycles. The average Bonchev–Trinajstić information content (AvgIpc) is 2.80. The minimum atomic E-state index is -3.84. The number of unbranched alkanes of at least 4 members (excludes halogenated alkanes) is 1. The van der Waals surface area contributed by atoms with Crippen LogP contribution in [0.2, 0.25) is 0 Å². The van der Waals surface area contributed by atoms with Gasteiger partial charge in [-0.1, -0.05) is 47.5 Å². The number of halogens is 1.